The molecule has 4 rings (SSSR count). The summed E-state index contributed by atoms with van der Waals surface area (Å²) in [4.78, 5) is 17.1. The minimum atomic E-state index is -0.144. The fourth-order valence-corrected chi connectivity index (χ4v) is 4.17. The number of aryl methyl sites for hydroxylation is 3. The maximum absolute atomic E-state index is 12.6. The van der Waals surface area contributed by atoms with Gasteiger partial charge in [-0.25, -0.2) is 4.98 Å². The predicted molar refractivity (Wildman–Crippen MR) is 123 cm³/mol. The second kappa shape index (κ2) is 9.23. The largest absolute Gasteiger partial charge is 0.494 e. The van der Waals surface area contributed by atoms with Gasteiger partial charge < -0.3 is 10.1 Å². The number of anilines is 1. The molecule has 2 aromatic heterocycles. The average molecular weight is 450 g/mol. The third kappa shape index (κ3) is 4.65. The highest BCUT2D eigenvalue weighted by Crippen LogP contribution is 2.27. The van der Waals surface area contributed by atoms with E-state index in [0.717, 1.165) is 10.8 Å². The number of methoxy groups -OCH3 is 1. The summed E-state index contributed by atoms with van der Waals surface area (Å²) in [6.45, 7) is 5.92. The Morgan fingerprint density at radius 1 is 1.12 bits per heavy atom. The molecule has 0 spiro atoms. The van der Waals surface area contributed by atoms with Crippen molar-refractivity contribution in [1.29, 1.82) is 0 Å². The molecule has 164 valence electrons. The van der Waals surface area contributed by atoms with Crippen molar-refractivity contribution in [3.63, 3.8) is 0 Å². The van der Waals surface area contributed by atoms with E-state index in [4.69, 9.17) is 4.74 Å². The molecule has 32 heavy (non-hydrogen) atoms. The summed E-state index contributed by atoms with van der Waals surface area (Å²) in [5.41, 5.74) is 4.65. The van der Waals surface area contributed by atoms with E-state index in [1.165, 1.54) is 22.9 Å². The number of thioether (sulfide) groups is 1. The summed E-state index contributed by atoms with van der Waals surface area (Å²) >= 11 is 1.38. The summed E-state index contributed by atoms with van der Waals surface area (Å²) in [7, 11) is 1.57. The van der Waals surface area contributed by atoms with Crippen LogP contribution in [-0.4, -0.2) is 48.5 Å². The summed E-state index contributed by atoms with van der Waals surface area (Å²) in [5, 5.41) is 15.2. The zero-order valence-corrected chi connectivity index (χ0v) is 19.1. The van der Waals surface area contributed by atoms with Crippen LogP contribution in [0.3, 0.4) is 0 Å². The van der Waals surface area contributed by atoms with Gasteiger partial charge in [-0.05, 0) is 72.7 Å². The molecule has 10 heteroatoms. The van der Waals surface area contributed by atoms with Crippen LogP contribution in [0.4, 0.5) is 5.69 Å². The molecule has 9 nitrogen and oxygen atoms in total. The summed E-state index contributed by atoms with van der Waals surface area (Å²) < 4.78 is 8.96. The zero-order chi connectivity index (χ0) is 22.7. The summed E-state index contributed by atoms with van der Waals surface area (Å²) in [5.74, 6) is 1.28. The molecule has 0 atom stereocenters. The Kier molecular flexibility index (Phi) is 6.22. The molecule has 0 radical (unpaired) electrons. The number of hydrogen-bond acceptors (Lipinski definition) is 7. The minimum Gasteiger partial charge on any atom is -0.494 e. The first kappa shape index (κ1) is 21.6. The number of carbonyl (C=O) groups is 1. The Hall–Kier alpha value is -3.66. The molecule has 0 aliphatic heterocycles. The van der Waals surface area contributed by atoms with E-state index in [0.29, 0.717) is 22.9 Å². The van der Waals surface area contributed by atoms with E-state index in [1.807, 2.05) is 10.8 Å². The number of aromatic nitrogens is 6. The highest BCUT2D eigenvalue weighted by molar-refractivity contribution is 7.99. The van der Waals surface area contributed by atoms with Crippen LogP contribution in [-0.2, 0) is 4.79 Å². The van der Waals surface area contributed by atoms with Gasteiger partial charge in [-0.3, -0.25) is 9.36 Å². The van der Waals surface area contributed by atoms with E-state index < -0.39 is 0 Å². The molecule has 0 unspecified atom stereocenters. The quantitative estimate of drug-likeness (QED) is 0.431. The van der Waals surface area contributed by atoms with Crippen LogP contribution in [0.1, 0.15) is 17.0 Å². The van der Waals surface area contributed by atoms with Crippen molar-refractivity contribution in [2.75, 3.05) is 18.2 Å². The number of nitrogens with one attached hydrogen (secondary N) is 1. The Morgan fingerprint density at radius 2 is 1.91 bits per heavy atom. The number of imidazole rings is 1. The molecular weight excluding hydrogens is 426 g/mol. The van der Waals surface area contributed by atoms with Gasteiger partial charge in [-0.2, -0.15) is 4.68 Å². The van der Waals surface area contributed by atoms with Crippen LogP contribution in [0, 0.1) is 20.8 Å². The SMILES string of the molecule is COc1ccc(NC(=O)CSc2nccn2-c2cc(C)cc(C)c2)cc1-n1nnnc1C. The zero-order valence-electron chi connectivity index (χ0n) is 18.2. The standard InChI is InChI=1S/C22H23N7O2S/c1-14-9-15(2)11-18(10-14)28-8-7-23-22(28)32-13-21(30)24-17-5-6-20(31-4)19(12-17)29-16(3)25-26-27-29/h5-12H,13H2,1-4H3,(H,24,30). The summed E-state index contributed by atoms with van der Waals surface area (Å²) in [6, 6.07) is 11.6. The third-order valence-corrected chi connectivity index (χ3v) is 5.71. The van der Waals surface area contributed by atoms with Gasteiger partial charge in [0.05, 0.1) is 12.9 Å². The molecule has 0 saturated carbocycles. The molecule has 0 aliphatic carbocycles. The molecule has 1 N–H and O–H groups in total. The van der Waals surface area contributed by atoms with Crippen molar-refractivity contribution in [2.45, 2.75) is 25.9 Å². The molecule has 4 aromatic rings. The number of tetrazole rings is 1. The molecule has 1 amide bonds. The molecule has 0 bridgehead atoms. The van der Waals surface area contributed by atoms with Crippen molar-refractivity contribution in [1.82, 2.24) is 29.8 Å². The van der Waals surface area contributed by atoms with Gasteiger partial charge in [-0.1, -0.05) is 17.8 Å². The normalized spacial score (nSPS) is 10.9. The van der Waals surface area contributed by atoms with E-state index in [2.05, 4.69) is 57.9 Å². The van der Waals surface area contributed by atoms with Crippen molar-refractivity contribution in [3.8, 4) is 17.1 Å². The highest BCUT2D eigenvalue weighted by Gasteiger charge is 2.14. The lowest BCUT2D eigenvalue weighted by molar-refractivity contribution is -0.113. The Labute approximate surface area is 189 Å². The second-order valence-electron chi connectivity index (χ2n) is 7.29. The minimum absolute atomic E-state index is 0.144. The molecule has 2 heterocycles. The smallest absolute Gasteiger partial charge is 0.234 e. The first-order valence-corrected chi connectivity index (χ1v) is 10.9. The fraction of sp³-hybridized carbons (Fsp3) is 0.227. The first-order chi connectivity index (χ1) is 15.4. The van der Waals surface area contributed by atoms with Crippen LogP contribution in [0.15, 0.2) is 53.9 Å². The van der Waals surface area contributed by atoms with Crippen molar-refractivity contribution in [3.05, 3.63) is 65.7 Å². The van der Waals surface area contributed by atoms with Gasteiger partial charge in [0.25, 0.3) is 0 Å². The number of benzene rings is 2. The number of ether oxygens (including phenoxy) is 1. The first-order valence-electron chi connectivity index (χ1n) is 9.92. The molecule has 0 aliphatic rings. The lowest BCUT2D eigenvalue weighted by atomic mass is 10.1. The van der Waals surface area contributed by atoms with E-state index in [-0.39, 0.29) is 11.7 Å². The van der Waals surface area contributed by atoms with Crippen LogP contribution in [0.2, 0.25) is 0 Å². The van der Waals surface area contributed by atoms with Crippen LogP contribution in [0.5, 0.6) is 5.75 Å². The van der Waals surface area contributed by atoms with E-state index in [9.17, 15) is 4.79 Å². The number of rotatable bonds is 7. The van der Waals surface area contributed by atoms with Crippen LogP contribution < -0.4 is 10.1 Å². The number of amides is 1. The van der Waals surface area contributed by atoms with Crippen molar-refractivity contribution in [2.24, 2.45) is 0 Å². The van der Waals surface area contributed by atoms with Gasteiger partial charge >= 0.3 is 0 Å². The molecule has 0 saturated heterocycles. The Balaban J connectivity index is 1.47. The van der Waals surface area contributed by atoms with Crippen LogP contribution in [0.25, 0.3) is 11.4 Å². The van der Waals surface area contributed by atoms with Gasteiger partial charge in [0.2, 0.25) is 5.91 Å². The third-order valence-electron chi connectivity index (χ3n) is 4.74. The molecule has 2 aromatic carbocycles. The van der Waals surface area contributed by atoms with Crippen molar-refractivity contribution >= 4 is 23.4 Å². The Bertz CT molecular complexity index is 1240. The average Bonchev–Trinajstić information content (AvgIpc) is 3.40. The van der Waals surface area contributed by atoms with Gasteiger partial charge in [0.1, 0.15) is 11.4 Å². The topological polar surface area (TPSA) is 99.8 Å². The highest BCUT2D eigenvalue weighted by atomic mass is 32.2. The fourth-order valence-electron chi connectivity index (χ4n) is 3.40. The van der Waals surface area contributed by atoms with Crippen LogP contribution >= 0.6 is 11.8 Å². The molecule has 0 fully saturated rings. The predicted octanol–water partition coefficient (Wildman–Crippen LogP) is 3.51. The van der Waals surface area contributed by atoms with E-state index >= 15 is 0 Å². The van der Waals surface area contributed by atoms with E-state index in [1.54, 1.807) is 43.1 Å². The number of nitrogens with zero attached hydrogens (tertiary/aromatic N) is 6. The maximum Gasteiger partial charge on any atom is 0.234 e. The maximum atomic E-state index is 12.6. The lowest BCUT2D eigenvalue weighted by Crippen LogP contribution is -2.15. The van der Waals surface area contributed by atoms with Gasteiger partial charge in [0, 0.05) is 23.8 Å². The Morgan fingerprint density at radius 3 is 2.59 bits per heavy atom. The van der Waals surface area contributed by atoms with Gasteiger partial charge in [-0.15, -0.1) is 5.10 Å². The number of hydrogen-bond donors (Lipinski definition) is 1. The number of carbonyl (C=O) groups excluding carboxylic acids is 1. The lowest BCUT2D eigenvalue weighted by Gasteiger charge is -2.12. The molecular formula is C22H23N7O2S. The summed E-state index contributed by atoms with van der Waals surface area (Å²) in [6.07, 6.45) is 3.64. The second-order valence-corrected chi connectivity index (χ2v) is 8.23. The van der Waals surface area contributed by atoms with Gasteiger partial charge in [0.15, 0.2) is 11.0 Å². The monoisotopic (exact) mass is 449 g/mol. The van der Waals surface area contributed by atoms with Crippen molar-refractivity contribution < 1.29 is 9.53 Å².